The quantitative estimate of drug-likeness (QED) is 0.776. The van der Waals surface area contributed by atoms with Crippen LogP contribution < -0.4 is 4.74 Å². The summed E-state index contributed by atoms with van der Waals surface area (Å²) in [5, 5.41) is 0. The van der Waals surface area contributed by atoms with E-state index in [-0.39, 0.29) is 5.97 Å². The van der Waals surface area contributed by atoms with Crippen LogP contribution in [0.1, 0.15) is 22.8 Å². The van der Waals surface area contributed by atoms with Crippen LogP contribution in [0.15, 0.2) is 52.3 Å². The third-order valence-corrected chi connectivity index (χ3v) is 4.21. The highest BCUT2D eigenvalue weighted by atomic mass is 32.2. The number of carbonyl (C=O) groups excluding carboxylic acids is 1. The van der Waals surface area contributed by atoms with Crippen molar-refractivity contribution < 1.29 is 14.3 Å². The summed E-state index contributed by atoms with van der Waals surface area (Å²) in [7, 11) is 2.97. The molecule has 0 aromatic heterocycles. The van der Waals surface area contributed by atoms with Gasteiger partial charge in [0.05, 0.1) is 24.7 Å². The number of ether oxygens (including phenoxy) is 2. The van der Waals surface area contributed by atoms with Crippen LogP contribution in [0, 0.1) is 0 Å². The van der Waals surface area contributed by atoms with E-state index >= 15 is 0 Å². The molecule has 0 amide bonds. The van der Waals surface area contributed by atoms with Gasteiger partial charge in [0.25, 0.3) is 0 Å². The molecule has 2 rings (SSSR count). The maximum absolute atomic E-state index is 11.5. The summed E-state index contributed by atoms with van der Waals surface area (Å²) in [5.41, 5.74) is 1.80. The Kier molecular flexibility index (Phi) is 5.28. The van der Waals surface area contributed by atoms with Gasteiger partial charge in [-0.3, -0.25) is 0 Å². The van der Waals surface area contributed by atoms with Gasteiger partial charge in [0, 0.05) is 4.90 Å². The number of hydrogen-bond donors (Lipinski definition) is 0. The Labute approximate surface area is 129 Å². The normalized spacial score (nSPS) is 10.2. The molecule has 110 valence electrons. The maximum Gasteiger partial charge on any atom is 0.337 e. The summed E-state index contributed by atoms with van der Waals surface area (Å²) in [5.74, 6) is 0.305. The minimum absolute atomic E-state index is 0.364. The third kappa shape index (κ3) is 3.79. The molecule has 0 N–H and O–H groups in total. The van der Waals surface area contributed by atoms with Crippen molar-refractivity contribution in [3.63, 3.8) is 0 Å². The molecule has 0 saturated heterocycles. The van der Waals surface area contributed by atoms with Crippen molar-refractivity contribution in [3.05, 3.63) is 53.6 Å². The molecule has 0 aliphatic heterocycles. The van der Waals surface area contributed by atoms with Gasteiger partial charge in [0.15, 0.2) is 0 Å². The van der Waals surface area contributed by atoms with Crippen molar-refractivity contribution in [1.29, 1.82) is 0 Å². The van der Waals surface area contributed by atoms with Crippen LogP contribution >= 0.6 is 11.8 Å². The van der Waals surface area contributed by atoms with Gasteiger partial charge in [-0.15, -0.1) is 0 Å². The topological polar surface area (TPSA) is 35.5 Å². The van der Waals surface area contributed by atoms with E-state index in [1.165, 1.54) is 12.7 Å². The second kappa shape index (κ2) is 7.18. The first-order valence-electron chi connectivity index (χ1n) is 6.71. The average Bonchev–Trinajstić information content (AvgIpc) is 2.55. The zero-order valence-electron chi connectivity index (χ0n) is 12.4. The molecular formula is C17H18O3S. The summed E-state index contributed by atoms with van der Waals surface area (Å²) in [6.07, 6.45) is 1.03. The predicted octanol–water partition coefficient (Wildman–Crippen LogP) is 4.20. The fourth-order valence-electron chi connectivity index (χ4n) is 1.92. The molecule has 0 bridgehead atoms. The van der Waals surface area contributed by atoms with Gasteiger partial charge in [0.2, 0.25) is 0 Å². The van der Waals surface area contributed by atoms with Crippen molar-refractivity contribution >= 4 is 17.7 Å². The van der Waals surface area contributed by atoms with Crippen LogP contribution in [0.25, 0.3) is 0 Å². The Hall–Kier alpha value is -1.94. The van der Waals surface area contributed by atoms with Crippen molar-refractivity contribution in [3.8, 4) is 5.75 Å². The van der Waals surface area contributed by atoms with Gasteiger partial charge >= 0.3 is 5.97 Å². The minimum Gasteiger partial charge on any atom is -0.496 e. The molecule has 21 heavy (non-hydrogen) atoms. The SMILES string of the molecule is CCc1ccc(Sc2ccc(C(=O)OC)cc2OC)cc1. The first-order valence-corrected chi connectivity index (χ1v) is 7.52. The number of esters is 1. The smallest absolute Gasteiger partial charge is 0.337 e. The number of rotatable bonds is 5. The van der Waals surface area contributed by atoms with Crippen molar-refractivity contribution in [1.82, 2.24) is 0 Å². The Morgan fingerprint density at radius 2 is 1.81 bits per heavy atom. The van der Waals surface area contributed by atoms with E-state index in [9.17, 15) is 4.79 Å². The van der Waals surface area contributed by atoms with Gasteiger partial charge in [-0.2, -0.15) is 0 Å². The molecule has 4 heteroatoms. The monoisotopic (exact) mass is 302 g/mol. The van der Waals surface area contributed by atoms with Crippen LogP contribution in [0.3, 0.4) is 0 Å². The summed E-state index contributed by atoms with van der Waals surface area (Å²) in [6.45, 7) is 2.14. The second-order valence-electron chi connectivity index (χ2n) is 4.46. The Bertz CT molecular complexity index is 620. The van der Waals surface area contributed by atoms with Crippen LogP contribution in [-0.4, -0.2) is 20.2 Å². The van der Waals surface area contributed by atoms with Gasteiger partial charge in [-0.25, -0.2) is 4.79 Å². The van der Waals surface area contributed by atoms with E-state index in [0.717, 1.165) is 16.2 Å². The number of hydrogen-bond acceptors (Lipinski definition) is 4. The lowest BCUT2D eigenvalue weighted by Gasteiger charge is -2.10. The van der Waals surface area contributed by atoms with Crippen LogP contribution in [0.2, 0.25) is 0 Å². The summed E-state index contributed by atoms with van der Waals surface area (Å²) in [4.78, 5) is 13.6. The first-order chi connectivity index (χ1) is 10.2. The summed E-state index contributed by atoms with van der Waals surface area (Å²) < 4.78 is 10.1. The molecule has 0 fully saturated rings. The molecule has 2 aromatic rings. The van der Waals surface area contributed by atoms with Gasteiger partial charge in [-0.05, 0) is 42.3 Å². The highest BCUT2D eigenvalue weighted by Crippen LogP contribution is 2.35. The maximum atomic E-state index is 11.5. The van der Waals surface area contributed by atoms with Crippen LogP contribution in [0.5, 0.6) is 5.75 Å². The number of carbonyl (C=O) groups is 1. The molecule has 0 unspecified atom stereocenters. The molecular weight excluding hydrogens is 284 g/mol. The zero-order chi connectivity index (χ0) is 15.2. The zero-order valence-corrected chi connectivity index (χ0v) is 13.2. The van der Waals surface area contributed by atoms with E-state index in [1.54, 1.807) is 31.0 Å². The lowest BCUT2D eigenvalue weighted by Crippen LogP contribution is -2.01. The highest BCUT2D eigenvalue weighted by molar-refractivity contribution is 7.99. The molecule has 3 nitrogen and oxygen atoms in total. The van der Waals surface area contributed by atoms with E-state index in [0.29, 0.717) is 11.3 Å². The van der Waals surface area contributed by atoms with Crippen molar-refractivity contribution in [2.45, 2.75) is 23.1 Å². The molecule has 0 atom stereocenters. The predicted molar refractivity (Wildman–Crippen MR) is 84.3 cm³/mol. The second-order valence-corrected chi connectivity index (χ2v) is 5.57. The number of benzene rings is 2. The third-order valence-electron chi connectivity index (χ3n) is 3.14. The molecule has 2 aromatic carbocycles. The van der Waals surface area contributed by atoms with Crippen LogP contribution in [0.4, 0.5) is 0 Å². The first kappa shape index (κ1) is 15.4. The molecule has 0 aliphatic carbocycles. The highest BCUT2D eigenvalue weighted by Gasteiger charge is 2.11. The van der Waals surface area contributed by atoms with E-state index in [2.05, 4.69) is 31.2 Å². The van der Waals surface area contributed by atoms with Crippen molar-refractivity contribution in [2.24, 2.45) is 0 Å². The standard InChI is InChI=1S/C17H18O3S/c1-4-12-5-8-14(9-6-12)21-16-10-7-13(17(18)20-3)11-15(16)19-2/h5-11H,4H2,1-3H3. The number of aryl methyl sites for hydroxylation is 1. The van der Waals surface area contributed by atoms with E-state index in [1.807, 2.05) is 6.07 Å². The van der Waals surface area contributed by atoms with Gasteiger partial charge in [0.1, 0.15) is 5.75 Å². The molecule has 0 aliphatic rings. The van der Waals surface area contributed by atoms with E-state index in [4.69, 9.17) is 9.47 Å². The fraction of sp³-hybridized carbons (Fsp3) is 0.235. The number of methoxy groups -OCH3 is 2. The van der Waals surface area contributed by atoms with Gasteiger partial charge < -0.3 is 9.47 Å². The van der Waals surface area contributed by atoms with Gasteiger partial charge in [-0.1, -0.05) is 30.8 Å². The lowest BCUT2D eigenvalue weighted by molar-refractivity contribution is 0.0600. The summed E-state index contributed by atoms with van der Waals surface area (Å²) >= 11 is 1.61. The molecule has 0 heterocycles. The van der Waals surface area contributed by atoms with Crippen molar-refractivity contribution in [2.75, 3.05) is 14.2 Å². The largest absolute Gasteiger partial charge is 0.496 e. The fourth-order valence-corrected chi connectivity index (χ4v) is 2.82. The Morgan fingerprint density at radius 3 is 2.38 bits per heavy atom. The Balaban J connectivity index is 2.24. The van der Waals surface area contributed by atoms with Crippen LogP contribution in [-0.2, 0) is 11.2 Å². The summed E-state index contributed by atoms with van der Waals surface area (Å²) in [6, 6.07) is 13.8. The molecule has 0 radical (unpaired) electrons. The average molecular weight is 302 g/mol. The van der Waals surface area contributed by atoms with E-state index < -0.39 is 0 Å². The minimum atomic E-state index is -0.364. The molecule has 0 spiro atoms. The Morgan fingerprint density at radius 1 is 1.10 bits per heavy atom. The lowest BCUT2D eigenvalue weighted by atomic mass is 10.2. The molecule has 0 saturated carbocycles.